The monoisotopic (exact) mass is 256 g/mol. The van der Waals surface area contributed by atoms with E-state index in [-0.39, 0.29) is 12.5 Å². The van der Waals surface area contributed by atoms with Gasteiger partial charge in [0.15, 0.2) is 0 Å². The molecule has 0 fully saturated rings. The molecule has 0 aliphatic heterocycles. The summed E-state index contributed by atoms with van der Waals surface area (Å²) in [5.41, 5.74) is 2.21. The van der Waals surface area contributed by atoms with Gasteiger partial charge in [-0.25, -0.2) is 0 Å². The lowest BCUT2D eigenvalue weighted by atomic mass is 9.91. The fraction of sp³-hybridized carbons (Fsp3) is 0.294. The van der Waals surface area contributed by atoms with E-state index in [2.05, 4.69) is 0 Å². The number of aliphatic hydroxyl groups excluding tert-OH is 2. The summed E-state index contributed by atoms with van der Waals surface area (Å²) in [6, 6.07) is 19.8. The quantitative estimate of drug-likeness (QED) is 0.834. The molecule has 2 nitrogen and oxygen atoms in total. The summed E-state index contributed by atoms with van der Waals surface area (Å²) in [4.78, 5) is 0. The summed E-state index contributed by atoms with van der Waals surface area (Å²) in [7, 11) is 0. The maximum Gasteiger partial charge on any atom is 0.0587 e. The molecule has 0 heterocycles. The van der Waals surface area contributed by atoms with Crippen molar-refractivity contribution in [3.05, 3.63) is 71.8 Å². The van der Waals surface area contributed by atoms with Crippen molar-refractivity contribution < 1.29 is 10.2 Å². The molecule has 0 amide bonds. The maximum absolute atomic E-state index is 10.2. The van der Waals surface area contributed by atoms with Gasteiger partial charge in [-0.15, -0.1) is 0 Å². The highest BCUT2D eigenvalue weighted by atomic mass is 16.3. The van der Waals surface area contributed by atoms with Crippen LogP contribution in [0.25, 0.3) is 0 Å². The summed E-state index contributed by atoms with van der Waals surface area (Å²) in [5, 5.41) is 19.6. The Labute approximate surface area is 114 Å². The SMILES string of the molecule is OCC(CC(O)Cc1ccccc1)c1ccccc1. The van der Waals surface area contributed by atoms with Gasteiger partial charge in [-0.3, -0.25) is 0 Å². The molecule has 0 aromatic heterocycles. The van der Waals surface area contributed by atoms with Gasteiger partial charge in [0, 0.05) is 5.92 Å². The molecule has 19 heavy (non-hydrogen) atoms. The van der Waals surface area contributed by atoms with E-state index in [1.165, 1.54) is 0 Å². The number of rotatable bonds is 6. The Bertz CT molecular complexity index is 467. The van der Waals surface area contributed by atoms with Gasteiger partial charge >= 0.3 is 0 Å². The second-order valence-corrected chi connectivity index (χ2v) is 4.87. The molecule has 0 radical (unpaired) electrons. The van der Waals surface area contributed by atoms with Gasteiger partial charge in [0.1, 0.15) is 0 Å². The van der Waals surface area contributed by atoms with Gasteiger partial charge in [-0.1, -0.05) is 60.7 Å². The highest BCUT2D eigenvalue weighted by Crippen LogP contribution is 2.22. The third kappa shape index (κ3) is 4.19. The minimum atomic E-state index is -0.431. The maximum atomic E-state index is 10.2. The van der Waals surface area contributed by atoms with E-state index in [0.717, 1.165) is 11.1 Å². The van der Waals surface area contributed by atoms with E-state index >= 15 is 0 Å². The molecule has 2 N–H and O–H groups in total. The van der Waals surface area contributed by atoms with Crippen LogP contribution in [-0.2, 0) is 6.42 Å². The Morgan fingerprint density at radius 3 is 2.00 bits per heavy atom. The van der Waals surface area contributed by atoms with E-state index in [4.69, 9.17) is 0 Å². The second-order valence-electron chi connectivity index (χ2n) is 4.87. The van der Waals surface area contributed by atoms with Gasteiger partial charge in [0.2, 0.25) is 0 Å². The molecule has 100 valence electrons. The van der Waals surface area contributed by atoms with Crippen molar-refractivity contribution in [2.45, 2.75) is 24.9 Å². The van der Waals surface area contributed by atoms with Crippen LogP contribution in [0.5, 0.6) is 0 Å². The fourth-order valence-corrected chi connectivity index (χ4v) is 2.34. The molecule has 2 unspecified atom stereocenters. The molecular formula is C17H20O2. The van der Waals surface area contributed by atoms with E-state index in [1.807, 2.05) is 60.7 Å². The summed E-state index contributed by atoms with van der Waals surface area (Å²) >= 11 is 0. The van der Waals surface area contributed by atoms with Crippen molar-refractivity contribution in [2.75, 3.05) is 6.61 Å². The Morgan fingerprint density at radius 2 is 1.42 bits per heavy atom. The zero-order valence-corrected chi connectivity index (χ0v) is 10.9. The van der Waals surface area contributed by atoms with Crippen molar-refractivity contribution in [1.82, 2.24) is 0 Å². The fourth-order valence-electron chi connectivity index (χ4n) is 2.34. The molecule has 0 saturated carbocycles. The predicted octanol–water partition coefficient (Wildman–Crippen LogP) is 2.76. The summed E-state index contributed by atoms with van der Waals surface area (Å²) in [5.74, 6) is -0.0000813. The molecule has 2 aromatic carbocycles. The van der Waals surface area contributed by atoms with Crippen LogP contribution in [0.3, 0.4) is 0 Å². The van der Waals surface area contributed by atoms with Crippen LogP contribution >= 0.6 is 0 Å². The first-order valence-corrected chi connectivity index (χ1v) is 6.67. The minimum Gasteiger partial charge on any atom is -0.396 e. The van der Waals surface area contributed by atoms with Crippen molar-refractivity contribution in [3.8, 4) is 0 Å². The smallest absolute Gasteiger partial charge is 0.0587 e. The first-order chi connectivity index (χ1) is 9.29. The molecule has 0 aliphatic carbocycles. The van der Waals surface area contributed by atoms with Crippen molar-refractivity contribution in [2.24, 2.45) is 0 Å². The van der Waals surface area contributed by atoms with Gasteiger partial charge < -0.3 is 10.2 Å². The van der Waals surface area contributed by atoms with Crippen molar-refractivity contribution in [1.29, 1.82) is 0 Å². The predicted molar refractivity (Wildman–Crippen MR) is 77.0 cm³/mol. The standard InChI is InChI=1S/C17H20O2/c18-13-16(15-9-5-2-6-10-15)12-17(19)11-14-7-3-1-4-8-14/h1-10,16-19H,11-13H2. The Morgan fingerprint density at radius 1 is 0.842 bits per heavy atom. The van der Waals surface area contributed by atoms with E-state index in [1.54, 1.807) is 0 Å². The van der Waals surface area contributed by atoms with Crippen LogP contribution in [0, 0.1) is 0 Å². The van der Waals surface area contributed by atoms with Crippen LogP contribution < -0.4 is 0 Å². The summed E-state index contributed by atoms with van der Waals surface area (Å²) in [6.07, 6.45) is 0.777. The molecule has 2 aromatic rings. The molecule has 2 rings (SSSR count). The highest BCUT2D eigenvalue weighted by Gasteiger charge is 2.15. The molecule has 2 atom stereocenters. The van der Waals surface area contributed by atoms with E-state index in [9.17, 15) is 10.2 Å². The largest absolute Gasteiger partial charge is 0.396 e. The lowest BCUT2D eigenvalue weighted by Gasteiger charge is -2.19. The van der Waals surface area contributed by atoms with Crippen molar-refractivity contribution in [3.63, 3.8) is 0 Å². The Balaban J connectivity index is 1.95. The number of hydrogen-bond donors (Lipinski definition) is 2. The second kappa shape index (κ2) is 7.07. The number of aliphatic hydroxyl groups is 2. The first-order valence-electron chi connectivity index (χ1n) is 6.67. The van der Waals surface area contributed by atoms with Crippen LogP contribution in [0.2, 0.25) is 0 Å². The Hall–Kier alpha value is -1.64. The lowest BCUT2D eigenvalue weighted by Crippen LogP contribution is -2.17. The lowest BCUT2D eigenvalue weighted by molar-refractivity contribution is 0.138. The van der Waals surface area contributed by atoms with Crippen LogP contribution in [0.15, 0.2) is 60.7 Å². The van der Waals surface area contributed by atoms with Crippen LogP contribution in [-0.4, -0.2) is 22.9 Å². The zero-order chi connectivity index (χ0) is 13.5. The zero-order valence-electron chi connectivity index (χ0n) is 10.9. The first kappa shape index (κ1) is 13.8. The van der Waals surface area contributed by atoms with Gasteiger partial charge in [-0.2, -0.15) is 0 Å². The van der Waals surface area contributed by atoms with Gasteiger partial charge in [0.05, 0.1) is 12.7 Å². The van der Waals surface area contributed by atoms with Gasteiger partial charge in [-0.05, 0) is 24.0 Å². The molecule has 0 spiro atoms. The van der Waals surface area contributed by atoms with E-state index in [0.29, 0.717) is 12.8 Å². The molecular weight excluding hydrogens is 236 g/mol. The van der Waals surface area contributed by atoms with Crippen LogP contribution in [0.1, 0.15) is 23.5 Å². The van der Waals surface area contributed by atoms with E-state index < -0.39 is 6.10 Å². The topological polar surface area (TPSA) is 40.5 Å². The number of hydrogen-bond acceptors (Lipinski definition) is 2. The minimum absolute atomic E-state index is 0.0000813. The Kier molecular flexibility index (Phi) is 5.13. The normalized spacial score (nSPS) is 14.0. The number of benzene rings is 2. The van der Waals surface area contributed by atoms with Crippen molar-refractivity contribution >= 4 is 0 Å². The average molecular weight is 256 g/mol. The highest BCUT2D eigenvalue weighted by molar-refractivity contribution is 5.20. The average Bonchev–Trinajstić information content (AvgIpc) is 2.47. The summed E-state index contributed by atoms with van der Waals surface area (Å²) in [6.45, 7) is 0.0653. The third-order valence-electron chi connectivity index (χ3n) is 3.36. The molecule has 2 heteroatoms. The van der Waals surface area contributed by atoms with Crippen LogP contribution in [0.4, 0.5) is 0 Å². The molecule has 0 bridgehead atoms. The molecule has 0 aliphatic rings. The van der Waals surface area contributed by atoms with Gasteiger partial charge in [0.25, 0.3) is 0 Å². The molecule has 0 saturated heterocycles. The third-order valence-corrected chi connectivity index (χ3v) is 3.36. The summed E-state index contributed by atoms with van der Waals surface area (Å²) < 4.78 is 0.